The number of nitrogens with two attached hydrogens (primary N) is 1. The summed E-state index contributed by atoms with van der Waals surface area (Å²) >= 11 is 0. The van der Waals surface area contributed by atoms with E-state index in [1.807, 2.05) is 0 Å². The predicted octanol–water partition coefficient (Wildman–Crippen LogP) is -1.52. The van der Waals surface area contributed by atoms with Crippen molar-refractivity contribution in [1.29, 1.82) is 0 Å². The van der Waals surface area contributed by atoms with Gasteiger partial charge in [-0.05, 0) is 6.07 Å². The van der Waals surface area contributed by atoms with Gasteiger partial charge in [-0.1, -0.05) is 0 Å². The quantitative estimate of drug-likeness (QED) is 0.550. The minimum absolute atomic E-state index is 0.309. The van der Waals surface area contributed by atoms with Crippen molar-refractivity contribution in [2.45, 2.75) is 12.6 Å². The molecule has 1 aliphatic rings. The lowest BCUT2D eigenvalue weighted by molar-refractivity contribution is -0.120. The van der Waals surface area contributed by atoms with Crippen LogP contribution in [-0.4, -0.2) is 27.6 Å². The van der Waals surface area contributed by atoms with Crippen LogP contribution in [0.4, 0.5) is 0 Å². The van der Waals surface area contributed by atoms with Crippen molar-refractivity contribution in [3.8, 4) is 0 Å². The van der Waals surface area contributed by atoms with Gasteiger partial charge in [-0.25, -0.2) is 0 Å². The molecular formula is C7H8N4O2. The van der Waals surface area contributed by atoms with Gasteiger partial charge in [0.15, 0.2) is 0 Å². The Bertz CT molecular complexity index is 370. The average Bonchev–Trinajstić information content (AvgIpc) is 2.51. The molecule has 1 aromatic heterocycles. The molecule has 68 valence electrons. The lowest BCUT2D eigenvalue weighted by atomic mass is 10.2. The fourth-order valence-electron chi connectivity index (χ4n) is 1.28. The summed E-state index contributed by atoms with van der Waals surface area (Å²) in [5.41, 5.74) is 5.52. The van der Waals surface area contributed by atoms with Crippen molar-refractivity contribution in [3.63, 3.8) is 0 Å². The number of nitrogens with one attached hydrogen (secondary N) is 1. The number of amides is 2. The Morgan fingerprint density at radius 1 is 1.77 bits per heavy atom. The van der Waals surface area contributed by atoms with Crippen LogP contribution in [0.5, 0.6) is 0 Å². The van der Waals surface area contributed by atoms with Gasteiger partial charge in [0, 0.05) is 6.20 Å². The van der Waals surface area contributed by atoms with E-state index in [0.717, 1.165) is 0 Å². The smallest absolute Gasteiger partial charge is 0.270 e. The van der Waals surface area contributed by atoms with Gasteiger partial charge in [-0.3, -0.25) is 14.3 Å². The highest BCUT2D eigenvalue weighted by Gasteiger charge is 2.27. The van der Waals surface area contributed by atoms with Gasteiger partial charge in [-0.15, -0.1) is 0 Å². The molecule has 0 fully saturated rings. The molecule has 1 aromatic rings. The Morgan fingerprint density at radius 2 is 2.54 bits per heavy atom. The van der Waals surface area contributed by atoms with E-state index in [2.05, 4.69) is 10.4 Å². The highest BCUT2D eigenvalue weighted by atomic mass is 16.2. The third-order valence-corrected chi connectivity index (χ3v) is 1.95. The normalized spacial score (nSPS) is 20.6. The number of carbonyl (C=O) groups excluding carboxylic acids is 2. The van der Waals surface area contributed by atoms with Gasteiger partial charge in [0.2, 0.25) is 5.91 Å². The van der Waals surface area contributed by atoms with E-state index < -0.39 is 11.9 Å². The standard InChI is InChI=1S/C7H8N4O2/c8-6(12)4-3-11-5(1-2-9-11)7(13)10-4/h1-2,4H,3H2,(H2,8,12)(H,10,13). The van der Waals surface area contributed by atoms with Crippen molar-refractivity contribution in [3.05, 3.63) is 18.0 Å². The van der Waals surface area contributed by atoms with Crippen molar-refractivity contribution in [1.82, 2.24) is 15.1 Å². The molecule has 1 atom stereocenters. The van der Waals surface area contributed by atoms with Gasteiger partial charge >= 0.3 is 0 Å². The zero-order valence-corrected chi connectivity index (χ0v) is 6.73. The highest BCUT2D eigenvalue weighted by Crippen LogP contribution is 2.06. The van der Waals surface area contributed by atoms with E-state index in [-0.39, 0.29) is 5.91 Å². The molecule has 0 aliphatic carbocycles. The molecule has 0 saturated carbocycles. The lowest BCUT2D eigenvalue weighted by Gasteiger charge is -2.21. The van der Waals surface area contributed by atoms with Gasteiger partial charge in [0.05, 0.1) is 6.54 Å². The number of primary amides is 1. The van der Waals surface area contributed by atoms with E-state index in [0.29, 0.717) is 12.2 Å². The highest BCUT2D eigenvalue weighted by molar-refractivity contribution is 5.97. The fraction of sp³-hybridized carbons (Fsp3) is 0.286. The number of nitrogens with zero attached hydrogens (tertiary/aromatic N) is 2. The summed E-state index contributed by atoms with van der Waals surface area (Å²) in [4.78, 5) is 22.1. The van der Waals surface area contributed by atoms with Gasteiger partial charge in [0.25, 0.3) is 5.91 Å². The van der Waals surface area contributed by atoms with Crippen molar-refractivity contribution >= 4 is 11.8 Å². The van der Waals surface area contributed by atoms with Crippen molar-refractivity contribution < 1.29 is 9.59 Å². The summed E-state index contributed by atoms with van der Waals surface area (Å²) in [5.74, 6) is -0.859. The topological polar surface area (TPSA) is 90.0 Å². The number of fused-ring (bicyclic) bond motifs is 1. The molecule has 2 heterocycles. The third-order valence-electron chi connectivity index (χ3n) is 1.95. The number of hydrogen-bond donors (Lipinski definition) is 2. The molecule has 0 aromatic carbocycles. The molecule has 0 spiro atoms. The van der Waals surface area contributed by atoms with E-state index in [9.17, 15) is 9.59 Å². The van der Waals surface area contributed by atoms with Crippen LogP contribution in [0.3, 0.4) is 0 Å². The predicted molar refractivity (Wildman–Crippen MR) is 42.7 cm³/mol. The maximum absolute atomic E-state index is 11.3. The van der Waals surface area contributed by atoms with Crippen LogP contribution in [0, 0.1) is 0 Å². The second-order valence-corrected chi connectivity index (χ2v) is 2.83. The first-order valence-electron chi connectivity index (χ1n) is 3.80. The molecule has 1 aliphatic heterocycles. The zero-order chi connectivity index (χ0) is 9.42. The second-order valence-electron chi connectivity index (χ2n) is 2.83. The molecule has 13 heavy (non-hydrogen) atoms. The second kappa shape index (κ2) is 2.58. The number of hydrogen-bond acceptors (Lipinski definition) is 3. The molecule has 6 heteroatoms. The molecule has 0 bridgehead atoms. The van der Waals surface area contributed by atoms with Gasteiger partial charge in [-0.2, -0.15) is 5.10 Å². The monoisotopic (exact) mass is 180 g/mol. The van der Waals surface area contributed by atoms with Crippen LogP contribution >= 0.6 is 0 Å². The molecular weight excluding hydrogens is 172 g/mol. The molecule has 0 saturated heterocycles. The summed E-state index contributed by atoms with van der Waals surface area (Å²) in [7, 11) is 0. The van der Waals surface area contributed by atoms with Crippen LogP contribution in [0.1, 0.15) is 10.5 Å². The largest absolute Gasteiger partial charge is 0.368 e. The third kappa shape index (κ3) is 1.16. The van der Waals surface area contributed by atoms with Crippen LogP contribution < -0.4 is 11.1 Å². The molecule has 1 unspecified atom stereocenters. The van der Waals surface area contributed by atoms with E-state index in [1.165, 1.54) is 10.9 Å². The van der Waals surface area contributed by atoms with Crippen LogP contribution in [0.15, 0.2) is 12.3 Å². The number of rotatable bonds is 1. The first-order chi connectivity index (χ1) is 6.18. The Hall–Kier alpha value is -1.85. The fourth-order valence-corrected chi connectivity index (χ4v) is 1.28. The van der Waals surface area contributed by atoms with Gasteiger partial charge in [0.1, 0.15) is 11.7 Å². The van der Waals surface area contributed by atoms with E-state index in [4.69, 9.17) is 5.73 Å². The number of aromatic nitrogens is 2. The minimum atomic E-state index is -0.653. The van der Waals surface area contributed by atoms with Crippen LogP contribution in [-0.2, 0) is 11.3 Å². The molecule has 6 nitrogen and oxygen atoms in total. The Balaban J connectivity index is 2.34. The van der Waals surface area contributed by atoms with Crippen LogP contribution in [0.25, 0.3) is 0 Å². The van der Waals surface area contributed by atoms with Gasteiger partial charge < -0.3 is 11.1 Å². The Kier molecular flexibility index (Phi) is 1.54. The average molecular weight is 180 g/mol. The van der Waals surface area contributed by atoms with E-state index in [1.54, 1.807) is 6.07 Å². The zero-order valence-electron chi connectivity index (χ0n) is 6.73. The molecule has 3 N–H and O–H groups in total. The Labute approximate surface area is 73.7 Å². The summed E-state index contributed by atoms with van der Waals surface area (Å²) in [5, 5.41) is 6.37. The summed E-state index contributed by atoms with van der Waals surface area (Å²) in [6.07, 6.45) is 1.51. The minimum Gasteiger partial charge on any atom is -0.368 e. The maximum Gasteiger partial charge on any atom is 0.270 e. The first-order valence-corrected chi connectivity index (χ1v) is 3.80. The Morgan fingerprint density at radius 3 is 3.23 bits per heavy atom. The van der Waals surface area contributed by atoms with Crippen molar-refractivity contribution in [2.75, 3.05) is 0 Å². The summed E-state index contributed by atoms with van der Waals surface area (Å²) < 4.78 is 1.47. The molecule has 0 radical (unpaired) electrons. The summed E-state index contributed by atoms with van der Waals surface area (Å²) in [6, 6.07) is 0.937. The molecule has 2 rings (SSSR count). The lowest BCUT2D eigenvalue weighted by Crippen LogP contribution is -2.51. The summed E-state index contributed by atoms with van der Waals surface area (Å²) in [6.45, 7) is 0.309. The SMILES string of the molecule is NC(=O)C1Cn2nccc2C(=O)N1. The van der Waals surface area contributed by atoms with Crippen molar-refractivity contribution in [2.24, 2.45) is 5.73 Å². The first kappa shape index (κ1) is 7.78. The van der Waals surface area contributed by atoms with E-state index >= 15 is 0 Å². The van der Waals surface area contributed by atoms with Crippen LogP contribution in [0.2, 0.25) is 0 Å². The molecule has 2 amide bonds. The maximum atomic E-state index is 11.3. The number of carbonyl (C=O) groups is 2.